The second kappa shape index (κ2) is 11.1. The van der Waals surface area contributed by atoms with Crippen LogP contribution in [0.3, 0.4) is 0 Å². The minimum absolute atomic E-state index is 0.254. The highest BCUT2D eigenvalue weighted by Gasteiger charge is 2.08. The molecular formula is C30H26I2N2O2. The van der Waals surface area contributed by atoms with E-state index in [2.05, 4.69) is 79.4 Å². The second-order valence-electron chi connectivity index (χ2n) is 8.89. The maximum Gasteiger partial charge on any atom is 0.137 e. The second-order valence-corrected chi connectivity index (χ2v) is 11.2. The SMILES string of the molecule is Cc1cc(I)c(O)c(C=Nc2ccc(-c3ccc(N=Cc4cc(C)cc(I)c4O)c(C)c3)cc2C)c1. The summed E-state index contributed by atoms with van der Waals surface area (Å²) in [5.74, 6) is 0.509. The first-order chi connectivity index (χ1) is 17.1. The zero-order valence-corrected chi connectivity index (χ0v) is 24.8. The first-order valence-electron chi connectivity index (χ1n) is 11.4. The van der Waals surface area contributed by atoms with E-state index in [0.29, 0.717) is 11.1 Å². The van der Waals surface area contributed by atoms with E-state index in [1.54, 1.807) is 12.4 Å². The monoisotopic (exact) mass is 700 g/mol. The molecule has 2 N–H and O–H groups in total. The molecule has 0 spiro atoms. The number of halogens is 2. The number of hydrogen-bond acceptors (Lipinski definition) is 4. The van der Waals surface area contributed by atoms with Gasteiger partial charge in [0.05, 0.1) is 18.5 Å². The molecule has 6 heteroatoms. The zero-order valence-electron chi connectivity index (χ0n) is 20.5. The predicted octanol–water partition coefficient (Wildman–Crippen LogP) is 8.71. The van der Waals surface area contributed by atoms with Crippen LogP contribution in [0, 0.1) is 34.8 Å². The lowest BCUT2D eigenvalue weighted by Crippen LogP contribution is -1.89. The molecule has 4 aromatic carbocycles. The van der Waals surface area contributed by atoms with Crippen LogP contribution in [0.1, 0.15) is 33.4 Å². The number of rotatable bonds is 5. The molecule has 4 nitrogen and oxygen atoms in total. The van der Waals surface area contributed by atoms with Gasteiger partial charge in [-0.3, -0.25) is 9.98 Å². The lowest BCUT2D eigenvalue weighted by Gasteiger charge is -2.09. The summed E-state index contributed by atoms with van der Waals surface area (Å²) < 4.78 is 1.63. The molecule has 4 aromatic rings. The summed E-state index contributed by atoms with van der Waals surface area (Å²) >= 11 is 4.26. The fourth-order valence-electron chi connectivity index (χ4n) is 3.96. The highest BCUT2D eigenvalue weighted by atomic mass is 127. The van der Waals surface area contributed by atoms with Crippen LogP contribution in [0.5, 0.6) is 11.5 Å². The number of benzene rings is 4. The van der Waals surface area contributed by atoms with Gasteiger partial charge in [0.15, 0.2) is 0 Å². The van der Waals surface area contributed by atoms with Crippen molar-refractivity contribution in [1.29, 1.82) is 0 Å². The summed E-state index contributed by atoms with van der Waals surface area (Å²) in [6, 6.07) is 20.1. The number of phenols is 2. The molecule has 0 aromatic heterocycles. The van der Waals surface area contributed by atoms with Crippen molar-refractivity contribution in [3.8, 4) is 22.6 Å². The third-order valence-electron chi connectivity index (χ3n) is 5.89. The minimum Gasteiger partial charge on any atom is -0.506 e. The number of nitrogens with zero attached hydrogens (tertiary/aromatic N) is 2. The fraction of sp³-hybridized carbons (Fsp3) is 0.133. The molecule has 0 radical (unpaired) electrons. The summed E-state index contributed by atoms with van der Waals surface area (Å²) in [4.78, 5) is 9.26. The van der Waals surface area contributed by atoms with Crippen molar-refractivity contribution in [2.24, 2.45) is 9.98 Å². The Hall–Kier alpha value is -2.72. The van der Waals surface area contributed by atoms with Crippen LogP contribution >= 0.6 is 45.2 Å². The Kier molecular flexibility index (Phi) is 8.14. The van der Waals surface area contributed by atoms with E-state index in [9.17, 15) is 10.2 Å². The van der Waals surface area contributed by atoms with Gasteiger partial charge in [0.25, 0.3) is 0 Å². The van der Waals surface area contributed by atoms with Gasteiger partial charge >= 0.3 is 0 Å². The summed E-state index contributed by atoms with van der Waals surface area (Å²) in [5, 5.41) is 20.7. The highest BCUT2D eigenvalue weighted by Crippen LogP contribution is 2.31. The molecule has 0 unspecified atom stereocenters. The van der Waals surface area contributed by atoms with Crippen LogP contribution < -0.4 is 0 Å². The molecule has 0 atom stereocenters. The van der Waals surface area contributed by atoms with Crippen molar-refractivity contribution >= 4 is 69.0 Å². The number of phenolic OH excluding ortho intramolecular Hbond substituents is 2. The third kappa shape index (κ3) is 5.98. The first-order valence-corrected chi connectivity index (χ1v) is 13.6. The van der Waals surface area contributed by atoms with Gasteiger partial charge in [-0.1, -0.05) is 12.1 Å². The van der Waals surface area contributed by atoms with Gasteiger partial charge in [-0.15, -0.1) is 0 Å². The molecule has 0 heterocycles. The van der Waals surface area contributed by atoms with Gasteiger partial charge in [0.1, 0.15) is 11.5 Å². The van der Waals surface area contributed by atoms with E-state index in [4.69, 9.17) is 0 Å². The smallest absolute Gasteiger partial charge is 0.137 e. The van der Waals surface area contributed by atoms with Gasteiger partial charge in [-0.05, 0) is 155 Å². The van der Waals surface area contributed by atoms with Gasteiger partial charge in [-0.2, -0.15) is 0 Å². The summed E-state index contributed by atoms with van der Waals surface area (Å²) in [5.41, 5.74) is 9.61. The van der Waals surface area contributed by atoms with Crippen molar-refractivity contribution < 1.29 is 10.2 Å². The molecule has 0 aliphatic rings. The number of aryl methyl sites for hydroxylation is 4. The molecule has 0 saturated carbocycles. The van der Waals surface area contributed by atoms with Gasteiger partial charge in [0, 0.05) is 23.6 Å². The lowest BCUT2D eigenvalue weighted by molar-refractivity contribution is 0.470. The van der Waals surface area contributed by atoms with Crippen LogP contribution in [0.2, 0.25) is 0 Å². The molecule has 182 valence electrons. The van der Waals surface area contributed by atoms with Crippen LogP contribution in [0.25, 0.3) is 11.1 Å². The van der Waals surface area contributed by atoms with E-state index in [0.717, 1.165) is 51.9 Å². The lowest BCUT2D eigenvalue weighted by atomic mass is 10.00. The van der Waals surface area contributed by atoms with Crippen molar-refractivity contribution in [2.45, 2.75) is 27.7 Å². The first kappa shape index (κ1) is 26.3. The van der Waals surface area contributed by atoms with Crippen LogP contribution in [0.4, 0.5) is 11.4 Å². The topological polar surface area (TPSA) is 65.2 Å². The summed E-state index contributed by atoms with van der Waals surface area (Å²) in [7, 11) is 0. The Bertz CT molecular complexity index is 1410. The predicted molar refractivity (Wildman–Crippen MR) is 167 cm³/mol. The van der Waals surface area contributed by atoms with E-state index in [1.807, 2.05) is 64.1 Å². The molecule has 0 bridgehead atoms. The standard InChI is InChI=1S/C30H26I2N2O2/c1-17-9-23(29(35)25(31)11-17)15-33-27-7-5-21(13-19(27)3)22-6-8-28(20(4)14-22)34-16-24-10-18(2)12-26(32)30(24)36/h5-16,35-36H,1-4H3. The Labute approximate surface area is 239 Å². The molecule has 36 heavy (non-hydrogen) atoms. The zero-order chi connectivity index (χ0) is 26.0. The van der Waals surface area contributed by atoms with Crippen LogP contribution in [-0.2, 0) is 0 Å². The average molecular weight is 700 g/mol. The van der Waals surface area contributed by atoms with E-state index < -0.39 is 0 Å². The number of aromatic hydroxyl groups is 2. The maximum atomic E-state index is 10.3. The Morgan fingerprint density at radius 1 is 0.583 bits per heavy atom. The van der Waals surface area contributed by atoms with Crippen LogP contribution in [-0.4, -0.2) is 22.6 Å². The summed E-state index contributed by atoms with van der Waals surface area (Å²) in [6.07, 6.45) is 3.44. The normalized spacial score (nSPS) is 11.6. The average Bonchev–Trinajstić information content (AvgIpc) is 2.83. The fourth-order valence-corrected chi connectivity index (χ4v) is 5.56. The number of aliphatic imine (C=N–C) groups is 2. The van der Waals surface area contributed by atoms with Crippen molar-refractivity contribution in [1.82, 2.24) is 0 Å². The maximum absolute atomic E-state index is 10.3. The highest BCUT2D eigenvalue weighted by molar-refractivity contribution is 14.1. The molecule has 0 aliphatic carbocycles. The van der Waals surface area contributed by atoms with Crippen molar-refractivity contribution in [2.75, 3.05) is 0 Å². The minimum atomic E-state index is 0.254. The Balaban J connectivity index is 1.57. The number of hydrogen-bond donors (Lipinski definition) is 2. The summed E-state index contributed by atoms with van der Waals surface area (Å²) in [6.45, 7) is 8.09. The Morgan fingerprint density at radius 3 is 1.33 bits per heavy atom. The quantitative estimate of drug-likeness (QED) is 0.162. The molecule has 0 aliphatic heterocycles. The molecule has 0 saturated heterocycles. The van der Waals surface area contributed by atoms with Crippen molar-refractivity contribution in [3.05, 3.63) is 101 Å². The third-order valence-corrected chi connectivity index (χ3v) is 7.53. The Morgan fingerprint density at radius 2 is 0.972 bits per heavy atom. The van der Waals surface area contributed by atoms with Gasteiger partial charge < -0.3 is 10.2 Å². The van der Waals surface area contributed by atoms with Crippen molar-refractivity contribution in [3.63, 3.8) is 0 Å². The largest absolute Gasteiger partial charge is 0.506 e. The molecule has 4 rings (SSSR count). The van der Waals surface area contributed by atoms with Gasteiger partial charge in [0.2, 0.25) is 0 Å². The molecule has 0 amide bonds. The van der Waals surface area contributed by atoms with E-state index in [1.165, 1.54) is 0 Å². The van der Waals surface area contributed by atoms with E-state index >= 15 is 0 Å². The van der Waals surface area contributed by atoms with E-state index in [-0.39, 0.29) is 11.5 Å². The molecular weight excluding hydrogens is 674 g/mol. The van der Waals surface area contributed by atoms with Crippen LogP contribution in [0.15, 0.2) is 70.6 Å². The molecule has 0 fully saturated rings. The van der Waals surface area contributed by atoms with Gasteiger partial charge in [-0.25, -0.2) is 0 Å².